The molecular weight excluding hydrogens is 222 g/mol. The highest BCUT2D eigenvalue weighted by Gasteiger charge is 2.09. The SMILES string of the molecule is N#Cc1cc(S)c2ccsc2c1Cl. The monoisotopic (exact) mass is 225 g/mol. The molecule has 0 aliphatic carbocycles. The van der Waals surface area contributed by atoms with Crippen molar-refractivity contribution in [3.63, 3.8) is 0 Å². The van der Waals surface area contributed by atoms with Crippen LogP contribution in [0, 0.1) is 11.3 Å². The molecule has 0 saturated heterocycles. The zero-order valence-corrected chi connectivity index (χ0v) is 8.88. The van der Waals surface area contributed by atoms with Crippen LogP contribution >= 0.6 is 35.6 Å². The average Bonchev–Trinajstić information content (AvgIpc) is 2.60. The normalized spacial score (nSPS) is 10.2. The van der Waals surface area contributed by atoms with Gasteiger partial charge in [-0.15, -0.1) is 24.0 Å². The van der Waals surface area contributed by atoms with Gasteiger partial charge >= 0.3 is 0 Å². The third kappa shape index (κ3) is 1.31. The van der Waals surface area contributed by atoms with Crippen LogP contribution in [0.1, 0.15) is 5.56 Å². The molecule has 1 heterocycles. The van der Waals surface area contributed by atoms with Crippen molar-refractivity contribution >= 4 is 45.7 Å². The minimum atomic E-state index is 0.488. The maximum absolute atomic E-state index is 8.78. The van der Waals surface area contributed by atoms with Gasteiger partial charge in [-0.2, -0.15) is 5.26 Å². The fourth-order valence-electron chi connectivity index (χ4n) is 1.16. The Morgan fingerprint density at radius 1 is 1.54 bits per heavy atom. The van der Waals surface area contributed by atoms with E-state index < -0.39 is 0 Å². The fourth-order valence-corrected chi connectivity index (χ4v) is 2.74. The Balaban J connectivity index is 2.95. The molecule has 2 rings (SSSR count). The topological polar surface area (TPSA) is 23.8 Å². The van der Waals surface area contributed by atoms with E-state index in [-0.39, 0.29) is 0 Å². The number of rotatable bonds is 0. The lowest BCUT2D eigenvalue weighted by molar-refractivity contribution is 1.46. The number of hydrogen-bond acceptors (Lipinski definition) is 3. The molecule has 0 bridgehead atoms. The minimum absolute atomic E-state index is 0.488. The van der Waals surface area contributed by atoms with Crippen LogP contribution in [0.2, 0.25) is 5.02 Å². The predicted molar refractivity (Wildman–Crippen MR) is 58.8 cm³/mol. The third-order valence-corrected chi connectivity index (χ3v) is 3.59. The first-order valence-corrected chi connectivity index (χ1v) is 5.23. The van der Waals surface area contributed by atoms with Gasteiger partial charge in [0.05, 0.1) is 15.3 Å². The number of halogens is 1. The number of nitriles is 1. The summed E-state index contributed by atoms with van der Waals surface area (Å²) in [5.41, 5.74) is 0.488. The number of fused-ring (bicyclic) bond motifs is 1. The van der Waals surface area contributed by atoms with E-state index in [2.05, 4.69) is 12.6 Å². The molecule has 1 nitrogen and oxygen atoms in total. The second-order valence-corrected chi connectivity index (χ2v) is 4.31. The van der Waals surface area contributed by atoms with Gasteiger partial charge in [0.1, 0.15) is 6.07 Å². The van der Waals surface area contributed by atoms with Crippen LogP contribution in [0.4, 0.5) is 0 Å². The summed E-state index contributed by atoms with van der Waals surface area (Å²) in [4.78, 5) is 0.803. The van der Waals surface area contributed by atoms with Crippen molar-refractivity contribution in [3.8, 4) is 6.07 Å². The van der Waals surface area contributed by atoms with Gasteiger partial charge in [-0.1, -0.05) is 11.6 Å². The van der Waals surface area contributed by atoms with Crippen LogP contribution in [-0.2, 0) is 0 Å². The van der Waals surface area contributed by atoms with E-state index in [0.717, 1.165) is 15.0 Å². The van der Waals surface area contributed by atoms with E-state index in [1.165, 1.54) is 11.3 Å². The lowest BCUT2D eigenvalue weighted by atomic mass is 10.2. The van der Waals surface area contributed by atoms with Gasteiger partial charge in [-0.25, -0.2) is 0 Å². The van der Waals surface area contributed by atoms with Crippen molar-refractivity contribution < 1.29 is 0 Å². The van der Waals surface area contributed by atoms with Crippen LogP contribution in [0.3, 0.4) is 0 Å². The molecule has 0 radical (unpaired) electrons. The molecule has 0 saturated carbocycles. The van der Waals surface area contributed by atoms with Crippen molar-refractivity contribution in [2.45, 2.75) is 4.90 Å². The van der Waals surface area contributed by atoms with Crippen LogP contribution in [0.15, 0.2) is 22.4 Å². The molecule has 0 fully saturated rings. The number of thiophene rings is 1. The second kappa shape index (κ2) is 3.22. The Labute approximate surface area is 90.0 Å². The van der Waals surface area contributed by atoms with Gasteiger partial charge in [-0.3, -0.25) is 0 Å². The molecule has 0 unspecified atom stereocenters. The molecule has 1 aromatic carbocycles. The minimum Gasteiger partial charge on any atom is -0.192 e. The summed E-state index contributed by atoms with van der Waals surface area (Å²) in [6.07, 6.45) is 0. The van der Waals surface area contributed by atoms with E-state index in [4.69, 9.17) is 16.9 Å². The Kier molecular flexibility index (Phi) is 2.20. The number of hydrogen-bond donors (Lipinski definition) is 1. The van der Waals surface area contributed by atoms with E-state index in [0.29, 0.717) is 10.6 Å². The molecule has 0 spiro atoms. The summed E-state index contributed by atoms with van der Waals surface area (Å²) in [5.74, 6) is 0. The van der Waals surface area contributed by atoms with Gasteiger partial charge < -0.3 is 0 Å². The molecule has 0 amide bonds. The molecule has 0 atom stereocenters. The zero-order valence-electron chi connectivity index (χ0n) is 6.41. The highest BCUT2D eigenvalue weighted by atomic mass is 35.5. The summed E-state index contributed by atoms with van der Waals surface area (Å²) < 4.78 is 0.936. The van der Waals surface area contributed by atoms with Crippen LogP contribution in [0.25, 0.3) is 10.1 Å². The van der Waals surface area contributed by atoms with Crippen molar-refractivity contribution in [3.05, 3.63) is 28.1 Å². The van der Waals surface area contributed by atoms with Crippen LogP contribution in [0.5, 0.6) is 0 Å². The standard InChI is InChI=1S/C9H4ClNS2/c10-8-5(4-11)3-7(12)6-1-2-13-9(6)8/h1-3,12H. The van der Waals surface area contributed by atoms with E-state index in [1.807, 2.05) is 17.5 Å². The van der Waals surface area contributed by atoms with Crippen LogP contribution < -0.4 is 0 Å². The Morgan fingerprint density at radius 3 is 3.00 bits per heavy atom. The summed E-state index contributed by atoms with van der Waals surface area (Å²) in [5, 5.41) is 12.3. The van der Waals surface area contributed by atoms with Crippen LogP contribution in [-0.4, -0.2) is 0 Å². The molecule has 0 aliphatic rings. The Hall–Kier alpha value is -0.690. The maximum Gasteiger partial charge on any atom is 0.101 e. The zero-order chi connectivity index (χ0) is 9.42. The lowest BCUT2D eigenvalue weighted by Gasteiger charge is -1.99. The van der Waals surface area contributed by atoms with Gasteiger partial charge in [-0.05, 0) is 17.5 Å². The van der Waals surface area contributed by atoms with E-state index in [1.54, 1.807) is 6.07 Å². The summed E-state index contributed by atoms with van der Waals surface area (Å²) in [7, 11) is 0. The largest absolute Gasteiger partial charge is 0.192 e. The number of nitrogens with zero attached hydrogens (tertiary/aromatic N) is 1. The molecule has 0 N–H and O–H groups in total. The van der Waals surface area contributed by atoms with E-state index in [9.17, 15) is 0 Å². The Bertz CT molecular complexity index is 510. The van der Waals surface area contributed by atoms with Gasteiger partial charge in [0.25, 0.3) is 0 Å². The van der Waals surface area contributed by atoms with Crippen molar-refractivity contribution in [2.24, 2.45) is 0 Å². The molecule has 64 valence electrons. The molecule has 0 aliphatic heterocycles. The third-order valence-electron chi connectivity index (χ3n) is 1.78. The molecular formula is C9H4ClNS2. The fraction of sp³-hybridized carbons (Fsp3) is 0. The molecule has 2 aromatic rings. The van der Waals surface area contributed by atoms with Crippen molar-refractivity contribution in [1.82, 2.24) is 0 Å². The molecule has 4 heteroatoms. The quantitative estimate of drug-likeness (QED) is 0.679. The first kappa shape index (κ1) is 8.89. The summed E-state index contributed by atoms with van der Waals surface area (Å²) in [6, 6.07) is 5.69. The highest BCUT2D eigenvalue weighted by molar-refractivity contribution is 7.80. The lowest BCUT2D eigenvalue weighted by Crippen LogP contribution is -1.78. The summed E-state index contributed by atoms with van der Waals surface area (Å²) in [6.45, 7) is 0. The van der Waals surface area contributed by atoms with Crippen molar-refractivity contribution in [2.75, 3.05) is 0 Å². The Morgan fingerprint density at radius 2 is 2.31 bits per heavy atom. The number of benzene rings is 1. The summed E-state index contributed by atoms with van der Waals surface area (Å²) >= 11 is 11.8. The van der Waals surface area contributed by atoms with E-state index >= 15 is 0 Å². The smallest absolute Gasteiger partial charge is 0.101 e. The second-order valence-electron chi connectivity index (χ2n) is 2.53. The maximum atomic E-state index is 8.78. The first-order valence-electron chi connectivity index (χ1n) is 3.53. The van der Waals surface area contributed by atoms with Gasteiger partial charge in [0, 0.05) is 10.3 Å². The molecule has 1 aromatic heterocycles. The van der Waals surface area contributed by atoms with Gasteiger partial charge in [0.2, 0.25) is 0 Å². The highest BCUT2D eigenvalue weighted by Crippen LogP contribution is 2.35. The predicted octanol–water partition coefficient (Wildman–Crippen LogP) is 3.72. The first-order chi connectivity index (χ1) is 6.24. The number of thiol groups is 1. The van der Waals surface area contributed by atoms with Gasteiger partial charge in [0.15, 0.2) is 0 Å². The molecule has 13 heavy (non-hydrogen) atoms. The average molecular weight is 226 g/mol. The van der Waals surface area contributed by atoms with Crippen molar-refractivity contribution in [1.29, 1.82) is 5.26 Å².